The maximum atomic E-state index is 13.7. The molecule has 0 fully saturated rings. The van der Waals surface area contributed by atoms with Gasteiger partial charge in [-0.15, -0.1) is 11.8 Å². The lowest BCUT2D eigenvalue weighted by molar-refractivity contribution is 0.0689. The SMILES string of the molecule is CCSc1cccc(Sc2ccc(F)cc2F)c1C(=O)O. The van der Waals surface area contributed by atoms with Crippen LogP contribution in [-0.4, -0.2) is 16.8 Å². The zero-order valence-corrected chi connectivity index (χ0v) is 12.7. The Bertz CT molecular complexity index is 675. The van der Waals surface area contributed by atoms with Gasteiger partial charge in [0.2, 0.25) is 0 Å². The fourth-order valence-corrected chi connectivity index (χ4v) is 3.63. The molecule has 0 aromatic heterocycles. The van der Waals surface area contributed by atoms with Crippen LogP contribution >= 0.6 is 23.5 Å². The first-order chi connectivity index (χ1) is 10.0. The molecule has 0 atom stereocenters. The summed E-state index contributed by atoms with van der Waals surface area (Å²) in [5.41, 5.74) is 0.151. The fraction of sp³-hybridized carbons (Fsp3) is 0.133. The number of aromatic carboxylic acids is 1. The first-order valence-corrected chi connectivity index (χ1v) is 7.95. The summed E-state index contributed by atoms with van der Waals surface area (Å²) in [6.07, 6.45) is 0. The molecule has 6 heteroatoms. The van der Waals surface area contributed by atoms with Crippen LogP contribution < -0.4 is 0 Å². The van der Waals surface area contributed by atoms with Gasteiger partial charge in [-0.05, 0) is 30.0 Å². The number of hydrogen-bond acceptors (Lipinski definition) is 3. The van der Waals surface area contributed by atoms with Crippen molar-refractivity contribution in [3.05, 3.63) is 53.6 Å². The molecule has 110 valence electrons. The molecule has 2 aromatic carbocycles. The third-order valence-electron chi connectivity index (χ3n) is 2.62. The van der Waals surface area contributed by atoms with Gasteiger partial charge in [-0.3, -0.25) is 0 Å². The van der Waals surface area contributed by atoms with E-state index in [1.807, 2.05) is 6.92 Å². The number of carbonyl (C=O) groups is 1. The molecule has 0 aliphatic rings. The Balaban J connectivity index is 2.43. The molecule has 0 aliphatic carbocycles. The van der Waals surface area contributed by atoms with Crippen molar-refractivity contribution in [1.82, 2.24) is 0 Å². The summed E-state index contributed by atoms with van der Waals surface area (Å²) in [6, 6.07) is 8.32. The van der Waals surface area contributed by atoms with E-state index in [1.54, 1.807) is 18.2 Å². The molecule has 0 saturated carbocycles. The van der Waals surface area contributed by atoms with Crippen LogP contribution in [0.3, 0.4) is 0 Å². The average molecular weight is 326 g/mol. The summed E-state index contributed by atoms with van der Waals surface area (Å²) in [6.45, 7) is 1.93. The summed E-state index contributed by atoms with van der Waals surface area (Å²) in [5, 5.41) is 9.38. The zero-order chi connectivity index (χ0) is 15.4. The number of halogens is 2. The Morgan fingerprint density at radius 1 is 1.14 bits per heavy atom. The number of benzene rings is 2. The molecular weight excluding hydrogens is 314 g/mol. The first-order valence-electron chi connectivity index (χ1n) is 6.15. The van der Waals surface area contributed by atoms with Gasteiger partial charge in [0.15, 0.2) is 0 Å². The van der Waals surface area contributed by atoms with Gasteiger partial charge in [0.1, 0.15) is 11.6 Å². The highest BCUT2D eigenvalue weighted by molar-refractivity contribution is 8.00. The fourth-order valence-electron chi connectivity index (χ4n) is 1.76. The van der Waals surface area contributed by atoms with Crippen molar-refractivity contribution in [3.8, 4) is 0 Å². The van der Waals surface area contributed by atoms with E-state index in [0.717, 1.165) is 29.6 Å². The topological polar surface area (TPSA) is 37.3 Å². The molecule has 0 unspecified atom stereocenters. The van der Waals surface area contributed by atoms with E-state index in [1.165, 1.54) is 17.8 Å². The second kappa shape index (κ2) is 6.95. The lowest BCUT2D eigenvalue weighted by atomic mass is 10.2. The molecule has 0 aliphatic heterocycles. The van der Waals surface area contributed by atoms with Crippen LogP contribution in [0.15, 0.2) is 51.1 Å². The van der Waals surface area contributed by atoms with E-state index >= 15 is 0 Å². The minimum atomic E-state index is -1.06. The van der Waals surface area contributed by atoms with Gasteiger partial charge in [-0.1, -0.05) is 24.8 Å². The molecule has 1 N–H and O–H groups in total. The molecular formula is C15H12F2O2S2. The van der Waals surface area contributed by atoms with Gasteiger partial charge in [0.05, 0.1) is 5.56 Å². The number of thioether (sulfide) groups is 1. The zero-order valence-electron chi connectivity index (χ0n) is 11.1. The van der Waals surface area contributed by atoms with Crippen LogP contribution in [0.5, 0.6) is 0 Å². The van der Waals surface area contributed by atoms with Crippen molar-refractivity contribution in [3.63, 3.8) is 0 Å². The van der Waals surface area contributed by atoms with Crippen molar-refractivity contribution in [2.45, 2.75) is 21.6 Å². The van der Waals surface area contributed by atoms with Crippen molar-refractivity contribution in [1.29, 1.82) is 0 Å². The van der Waals surface area contributed by atoms with Crippen LogP contribution in [0.1, 0.15) is 17.3 Å². The summed E-state index contributed by atoms with van der Waals surface area (Å²) in [7, 11) is 0. The largest absolute Gasteiger partial charge is 0.478 e. The van der Waals surface area contributed by atoms with E-state index < -0.39 is 17.6 Å². The third-order valence-corrected chi connectivity index (χ3v) is 4.67. The van der Waals surface area contributed by atoms with E-state index in [2.05, 4.69) is 0 Å². The normalized spacial score (nSPS) is 10.6. The molecule has 0 radical (unpaired) electrons. The van der Waals surface area contributed by atoms with Crippen molar-refractivity contribution >= 4 is 29.5 Å². The van der Waals surface area contributed by atoms with Gasteiger partial charge in [-0.25, -0.2) is 13.6 Å². The second-order valence-corrected chi connectivity index (χ2v) is 6.43. The molecule has 21 heavy (non-hydrogen) atoms. The molecule has 2 nitrogen and oxygen atoms in total. The highest BCUT2D eigenvalue weighted by atomic mass is 32.2. The van der Waals surface area contributed by atoms with E-state index in [9.17, 15) is 18.7 Å². The van der Waals surface area contributed by atoms with E-state index in [4.69, 9.17) is 0 Å². The minimum Gasteiger partial charge on any atom is -0.478 e. The molecule has 0 amide bonds. The smallest absolute Gasteiger partial charge is 0.337 e. The maximum Gasteiger partial charge on any atom is 0.337 e. The average Bonchev–Trinajstić information content (AvgIpc) is 2.42. The number of carboxylic acid groups (broad SMARTS) is 1. The molecule has 0 heterocycles. The summed E-state index contributed by atoms with van der Waals surface area (Å²) >= 11 is 2.40. The first kappa shape index (κ1) is 15.9. The van der Waals surface area contributed by atoms with Gasteiger partial charge in [0.25, 0.3) is 0 Å². The van der Waals surface area contributed by atoms with Gasteiger partial charge < -0.3 is 5.11 Å². The molecule has 0 spiro atoms. The standard InChI is InChI=1S/C15H12F2O2S2/c1-2-20-12-4-3-5-13(14(12)15(18)19)21-11-7-6-9(16)8-10(11)17/h3-8H,2H2,1H3,(H,18,19). The van der Waals surface area contributed by atoms with E-state index in [-0.39, 0.29) is 10.5 Å². The lowest BCUT2D eigenvalue weighted by Crippen LogP contribution is -2.01. The Morgan fingerprint density at radius 3 is 2.48 bits per heavy atom. The van der Waals surface area contributed by atoms with Crippen LogP contribution in [0.4, 0.5) is 8.78 Å². The van der Waals surface area contributed by atoms with Crippen LogP contribution in [0.25, 0.3) is 0 Å². The Labute approximate surface area is 129 Å². The highest BCUT2D eigenvalue weighted by Crippen LogP contribution is 2.36. The van der Waals surface area contributed by atoms with Crippen molar-refractivity contribution in [2.75, 3.05) is 5.75 Å². The molecule has 0 saturated heterocycles. The third kappa shape index (κ3) is 3.77. The van der Waals surface area contributed by atoms with Gasteiger partial charge in [-0.2, -0.15) is 0 Å². The number of carboxylic acids is 1. The number of hydrogen-bond donors (Lipinski definition) is 1. The van der Waals surface area contributed by atoms with Crippen LogP contribution in [0.2, 0.25) is 0 Å². The lowest BCUT2D eigenvalue weighted by Gasteiger charge is -2.10. The summed E-state index contributed by atoms with van der Waals surface area (Å²) in [5.74, 6) is -1.69. The Hall–Kier alpha value is -1.53. The predicted molar refractivity (Wildman–Crippen MR) is 80.3 cm³/mol. The molecule has 0 bridgehead atoms. The van der Waals surface area contributed by atoms with Crippen molar-refractivity contribution in [2.24, 2.45) is 0 Å². The predicted octanol–water partition coefficient (Wildman–Crippen LogP) is 4.93. The van der Waals surface area contributed by atoms with E-state index in [0.29, 0.717) is 9.79 Å². The quantitative estimate of drug-likeness (QED) is 0.791. The molecule has 2 aromatic rings. The highest BCUT2D eigenvalue weighted by Gasteiger charge is 2.17. The number of rotatable bonds is 5. The van der Waals surface area contributed by atoms with Crippen LogP contribution in [0, 0.1) is 11.6 Å². The van der Waals surface area contributed by atoms with Crippen LogP contribution in [-0.2, 0) is 0 Å². The monoisotopic (exact) mass is 326 g/mol. The Kier molecular flexibility index (Phi) is 5.25. The molecule has 2 rings (SSSR count). The van der Waals surface area contributed by atoms with Gasteiger partial charge in [0, 0.05) is 20.8 Å². The maximum absolute atomic E-state index is 13.7. The summed E-state index contributed by atoms with van der Waals surface area (Å²) < 4.78 is 26.6. The second-order valence-electron chi connectivity index (χ2n) is 4.04. The minimum absolute atomic E-state index is 0.151. The summed E-state index contributed by atoms with van der Waals surface area (Å²) in [4.78, 5) is 12.7. The Morgan fingerprint density at radius 2 is 1.86 bits per heavy atom. The van der Waals surface area contributed by atoms with Gasteiger partial charge >= 0.3 is 5.97 Å². The van der Waals surface area contributed by atoms with Crippen molar-refractivity contribution < 1.29 is 18.7 Å².